The number of carboxylic acids is 2. The quantitative estimate of drug-likeness (QED) is 0.0564. The molecule has 10 nitrogen and oxygen atoms in total. The minimum atomic E-state index is -1.26. The number of anilines is 4. The lowest BCUT2D eigenvalue weighted by Crippen LogP contribution is -3.00. The number of hydrogen-bond donors (Lipinski definition) is 6. The van der Waals surface area contributed by atoms with Crippen LogP contribution in [0.1, 0.15) is 0 Å². The maximum absolute atomic E-state index is 9.55. The third-order valence-electron chi connectivity index (χ3n) is 6.17. The highest BCUT2D eigenvalue weighted by Crippen LogP contribution is 2.23. The van der Waals surface area contributed by atoms with E-state index in [1.54, 1.807) is 0 Å². The lowest BCUT2D eigenvalue weighted by molar-refractivity contribution is -0.617. The fourth-order valence-corrected chi connectivity index (χ4v) is 4.24. The predicted octanol–water partition coefficient (Wildman–Crippen LogP) is -1.75. The van der Waals surface area contributed by atoms with Crippen molar-refractivity contribution in [2.24, 2.45) is 7.05 Å². The lowest BCUT2D eigenvalue weighted by Gasteiger charge is -2.03. The zero-order valence-electron chi connectivity index (χ0n) is 22.9. The van der Waals surface area contributed by atoms with Gasteiger partial charge in [-0.15, -0.1) is 0 Å². The van der Waals surface area contributed by atoms with Crippen LogP contribution >= 0.6 is 0 Å². The smallest absolute Gasteiger partial charge is 0.328 e. The van der Waals surface area contributed by atoms with E-state index in [0.717, 1.165) is 55.6 Å². The Bertz CT molecular complexity index is 1850. The van der Waals surface area contributed by atoms with Gasteiger partial charge in [-0.3, -0.25) is 0 Å². The molecule has 0 unspecified atom stereocenters. The Morgan fingerprint density at radius 2 is 0.907 bits per heavy atom. The summed E-state index contributed by atoms with van der Waals surface area (Å²) in [5, 5.41) is 20.2. The fraction of sp³-hybridized carbons (Fsp3) is 0.0323. The van der Waals surface area contributed by atoms with Gasteiger partial charge < -0.3 is 58.0 Å². The van der Waals surface area contributed by atoms with Gasteiger partial charge in [0.2, 0.25) is 11.0 Å². The minimum Gasteiger partial charge on any atom is -1.00 e. The Morgan fingerprint density at radius 3 is 1.28 bits per heavy atom. The van der Waals surface area contributed by atoms with E-state index in [1.807, 2.05) is 79.8 Å². The topological polar surface area (TPSA) is 195 Å². The fourth-order valence-electron chi connectivity index (χ4n) is 4.24. The standard InChI is InChI=1S/C14H13N3.C13H11N3.C4H4O4.2ClH/c1-17-13-7-11(15)4-2-9(13)6-10-3-5-12(16)8-14(10)17;14-10-3-1-8-5-9-2-4-11(15)7-13(9)16-12(8)6-10;5-3(6)1-2-4(7)8;;/h2-8H,1H3,(H3,15,16);1-7H,14-15H2;1-2H,(H,5,6)(H,7,8);2*1H/p-1/b;;2-1-;;. The molecular weight excluding hydrogens is 591 g/mol. The molecular formula is C31H29Cl2N6O4-. The molecule has 0 fully saturated rings. The minimum absolute atomic E-state index is 0. The van der Waals surface area contributed by atoms with Crippen molar-refractivity contribution in [1.82, 2.24) is 4.98 Å². The zero-order chi connectivity index (χ0) is 29.7. The first-order valence-electron chi connectivity index (χ1n) is 12.4. The first kappa shape index (κ1) is 33.9. The molecule has 10 N–H and O–H groups in total. The summed E-state index contributed by atoms with van der Waals surface area (Å²) in [6.07, 6.45) is 1.12. The molecule has 0 amide bonds. The number of aromatic nitrogens is 2. The lowest BCUT2D eigenvalue weighted by atomic mass is 10.1. The van der Waals surface area contributed by atoms with Crippen LogP contribution in [0.3, 0.4) is 0 Å². The molecule has 0 spiro atoms. The van der Waals surface area contributed by atoms with Gasteiger partial charge in [-0.2, -0.15) is 4.57 Å². The molecule has 0 atom stereocenters. The average molecular weight is 621 g/mol. The molecule has 6 rings (SSSR count). The highest BCUT2D eigenvalue weighted by molar-refractivity contribution is 5.95. The van der Waals surface area contributed by atoms with Gasteiger partial charge in [0.05, 0.1) is 11.0 Å². The van der Waals surface area contributed by atoms with Crippen LogP contribution in [0.5, 0.6) is 0 Å². The van der Waals surface area contributed by atoms with E-state index in [2.05, 4.69) is 21.7 Å². The molecule has 0 aliphatic rings. The molecule has 43 heavy (non-hydrogen) atoms. The number of nitrogens with two attached hydrogens (primary N) is 4. The first-order chi connectivity index (χ1) is 19.5. The van der Waals surface area contributed by atoms with Crippen LogP contribution in [0.15, 0.2) is 97.1 Å². The summed E-state index contributed by atoms with van der Waals surface area (Å²) in [6, 6.07) is 27.6. The highest BCUT2D eigenvalue weighted by Gasteiger charge is 2.11. The molecule has 0 aliphatic carbocycles. The molecule has 6 aromatic rings. The number of carboxylic acid groups (broad SMARTS) is 2. The molecule has 0 aliphatic heterocycles. The van der Waals surface area contributed by atoms with E-state index in [4.69, 9.17) is 33.1 Å². The Morgan fingerprint density at radius 1 is 0.581 bits per heavy atom. The normalized spacial score (nSPS) is 10.3. The van der Waals surface area contributed by atoms with Crippen LogP contribution in [0.2, 0.25) is 0 Å². The number of fused-ring (bicyclic) bond motifs is 4. The average Bonchev–Trinajstić information content (AvgIpc) is 2.92. The van der Waals surface area contributed by atoms with E-state index < -0.39 is 11.9 Å². The second-order valence-corrected chi connectivity index (χ2v) is 9.24. The third kappa shape index (κ3) is 8.59. The maximum Gasteiger partial charge on any atom is 0.328 e. The summed E-state index contributed by atoms with van der Waals surface area (Å²) < 4.78 is 2.12. The monoisotopic (exact) mass is 619 g/mol. The second kappa shape index (κ2) is 14.5. The van der Waals surface area contributed by atoms with Gasteiger partial charge in [0.25, 0.3) is 0 Å². The number of hydrogen-bond acceptors (Lipinski definition) is 7. The molecule has 0 bridgehead atoms. The SMILES string of the molecule is C[n+]1c2cc(N)ccc2cc2ccc(N)cc21.Nc1ccc2cc3ccc(N)cc3nc2c1.O=C(O)/C=C\C(=O)O.[Cl-].[Cl-]. The van der Waals surface area contributed by atoms with Gasteiger partial charge in [-0.25, -0.2) is 14.6 Å². The van der Waals surface area contributed by atoms with Crippen molar-refractivity contribution in [3.05, 3.63) is 97.1 Å². The van der Waals surface area contributed by atoms with Crippen molar-refractivity contribution >= 4 is 78.3 Å². The first-order valence-corrected chi connectivity index (χ1v) is 12.4. The van der Waals surface area contributed by atoms with E-state index in [9.17, 15) is 9.59 Å². The van der Waals surface area contributed by atoms with Crippen LogP contribution < -0.4 is 52.3 Å². The van der Waals surface area contributed by atoms with Crippen molar-refractivity contribution in [2.75, 3.05) is 22.9 Å². The van der Waals surface area contributed by atoms with Gasteiger partial charge in [0.15, 0.2) is 0 Å². The number of nitrogen functional groups attached to an aromatic ring is 4. The Hall–Kier alpha value is -5.32. The summed E-state index contributed by atoms with van der Waals surface area (Å²) in [6.45, 7) is 0. The number of pyridine rings is 2. The van der Waals surface area contributed by atoms with Crippen molar-refractivity contribution in [2.45, 2.75) is 0 Å². The zero-order valence-corrected chi connectivity index (χ0v) is 24.4. The summed E-state index contributed by atoms with van der Waals surface area (Å²) in [4.78, 5) is 23.6. The number of halogens is 2. The van der Waals surface area contributed by atoms with Gasteiger partial charge in [-0.1, -0.05) is 12.1 Å². The molecule has 222 valence electrons. The number of aryl methyl sites for hydroxylation is 1. The molecule has 12 heteroatoms. The van der Waals surface area contributed by atoms with Crippen molar-refractivity contribution < 1.29 is 49.2 Å². The van der Waals surface area contributed by atoms with Gasteiger partial charge in [0, 0.05) is 68.6 Å². The van der Waals surface area contributed by atoms with Crippen LogP contribution in [-0.4, -0.2) is 27.1 Å². The summed E-state index contributed by atoms with van der Waals surface area (Å²) in [7, 11) is 2.03. The van der Waals surface area contributed by atoms with Crippen molar-refractivity contribution in [3.8, 4) is 0 Å². The van der Waals surface area contributed by atoms with Gasteiger partial charge in [-0.05, 0) is 60.7 Å². The van der Waals surface area contributed by atoms with Crippen molar-refractivity contribution in [3.63, 3.8) is 0 Å². The number of nitrogens with zero attached hydrogens (tertiary/aromatic N) is 2. The summed E-state index contributed by atoms with van der Waals surface area (Å²) >= 11 is 0. The second-order valence-electron chi connectivity index (χ2n) is 9.24. The molecule has 2 heterocycles. The molecule has 4 aromatic carbocycles. The van der Waals surface area contributed by atoms with E-state index in [1.165, 1.54) is 10.8 Å². The Kier molecular flexibility index (Phi) is 11.5. The third-order valence-corrected chi connectivity index (χ3v) is 6.17. The summed E-state index contributed by atoms with van der Waals surface area (Å²) in [5.74, 6) is -2.51. The van der Waals surface area contributed by atoms with Crippen LogP contribution in [0, 0.1) is 0 Å². The molecule has 0 saturated carbocycles. The van der Waals surface area contributed by atoms with Crippen LogP contribution in [0.4, 0.5) is 22.7 Å². The molecule has 2 aromatic heterocycles. The molecule has 0 radical (unpaired) electrons. The highest BCUT2D eigenvalue weighted by atomic mass is 35.5. The van der Waals surface area contributed by atoms with Gasteiger partial charge in [0.1, 0.15) is 7.05 Å². The predicted molar refractivity (Wildman–Crippen MR) is 164 cm³/mol. The Balaban J connectivity index is 0.000000234. The number of benzene rings is 4. The number of aliphatic carboxylic acids is 2. The van der Waals surface area contributed by atoms with E-state index in [0.29, 0.717) is 12.2 Å². The molecule has 0 saturated heterocycles. The Labute approximate surface area is 259 Å². The largest absolute Gasteiger partial charge is 1.00 e. The van der Waals surface area contributed by atoms with E-state index >= 15 is 0 Å². The van der Waals surface area contributed by atoms with Crippen LogP contribution in [-0.2, 0) is 16.6 Å². The number of carbonyl (C=O) groups is 2. The summed E-state index contributed by atoms with van der Waals surface area (Å²) in [5.41, 5.74) is 30.2. The maximum atomic E-state index is 9.55. The van der Waals surface area contributed by atoms with Gasteiger partial charge >= 0.3 is 11.9 Å². The van der Waals surface area contributed by atoms with Crippen LogP contribution in [0.25, 0.3) is 43.6 Å². The van der Waals surface area contributed by atoms with Crippen molar-refractivity contribution in [1.29, 1.82) is 0 Å². The van der Waals surface area contributed by atoms with E-state index in [-0.39, 0.29) is 24.8 Å². The number of rotatable bonds is 2.